The van der Waals surface area contributed by atoms with Crippen LogP contribution in [0.15, 0.2) is 30.9 Å². The molecule has 3 nitrogen and oxygen atoms in total. The number of likely N-dealkylation sites (N-methyl/N-ethyl adjacent to an activating group) is 1. The molecule has 0 heterocycles. The molecular weight excluding hydrogens is 271 g/mol. The molecule has 18 heavy (non-hydrogen) atoms. The largest absolute Gasteiger partial charge is 0.352 e. The van der Waals surface area contributed by atoms with Crippen molar-refractivity contribution in [3.05, 3.63) is 46.5 Å². The van der Waals surface area contributed by atoms with Gasteiger partial charge in [0.1, 0.15) is 0 Å². The van der Waals surface area contributed by atoms with Crippen LogP contribution in [0.1, 0.15) is 5.56 Å². The zero-order valence-electron chi connectivity index (χ0n) is 10.2. The highest BCUT2D eigenvalue weighted by molar-refractivity contribution is 6.34. The van der Waals surface area contributed by atoms with Crippen LogP contribution in [0.3, 0.4) is 0 Å². The van der Waals surface area contributed by atoms with Gasteiger partial charge in [-0.15, -0.1) is 6.58 Å². The number of nitrogens with one attached hydrogen (secondary N) is 1. The Morgan fingerprint density at radius 3 is 2.56 bits per heavy atom. The van der Waals surface area contributed by atoms with Gasteiger partial charge >= 0.3 is 0 Å². The van der Waals surface area contributed by atoms with E-state index in [1.54, 1.807) is 12.1 Å². The molecule has 1 amide bonds. The minimum atomic E-state index is -0.0366. The predicted octanol–water partition coefficient (Wildman–Crippen LogP) is 2.73. The van der Waals surface area contributed by atoms with Crippen LogP contribution in [-0.2, 0) is 11.3 Å². The molecule has 1 N–H and O–H groups in total. The summed E-state index contributed by atoms with van der Waals surface area (Å²) in [7, 11) is 1.86. The molecular formula is C13H16Cl2N2O. The Hall–Kier alpha value is -1.03. The molecule has 0 radical (unpaired) electrons. The molecule has 98 valence electrons. The molecule has 0 aliphatic heterocycles. The third-order valence-electron chi connectivity index (χ3n) is 2.23. The van der Waals surface area contributed by atoms with Crippen molar-refractivity contribution in [2.45, 2.75) is 6.54 Å². The lowest BCUT2D eigenvalue weighted by molar-refractivity contribution is -0.121. The molecule has 1 aromatic rings. The third kappa shape index (κ3) is 5.54. The van der Waals surface area contributed by atoms with Crippen molar-refractivity contribution in [1.82, 2.24) is 10.2 Å². The highest BCUT2D eigenvalue weighted by Crippen LogP contribution is 2.19. The number of carbonyl (C=O) groups excluding carboxylic acids is 1. The first-order valence-electron chi connectivity index (χ1n) is 5.52. The van der Waals surface area contributed by atoms with Crippen molar-refractivity contribution in [2.75, 3.05) is 20.1 Å². The van der Waals surface area contributed by atoms with Crippen LogP contribution in [0.4, 0.5) is 0 Å². The van der Waals surface area contributed by atoms with E-state index < -0.39 is 0 Å². The highest BCUT2D eigenvalue weighted by Gasteiger charge is 2.07. The summed E-state index contributed by atoms with van der Waals surface area (Å²) in [5, 5.41) is 3.92. The summed E-state index contributed by atoms with van der Waals surface area (Å²) in [5.74, 6) is -0.0366. The van der Waals surface area contributed by atoms with Crippen LogP contribution in [-0.4, -0.2) is 30.9 Å². The zero-order chi connectivity index (χ0) is 13.5. The van der Waals surface area contributed by atoms with Gasteiger partial charge in [0.2, 0.25) is 5.91 Å². The summed E-state index contributed by atoms with van der Waals surface area (Å²) >= 11 is 11.8. The van der Waals surface area contributed by atoms with Crippen molar-refractivity contribution in [1.29, 1.82) is 0 Å². The number of halogens is 2. The predicted molar refractivity (Wildman–Crippen MR) is 76.0 cm³/mol. The number of hydrogen-bond donors (Lipinski definition) is 1. The molecule has 0 atom stereocenters. The summed E-state index contributed by atoms with van der Waals surface area (Å²) in [6.45, 7) is 4.95. The Morgan fingerprint density at radius 2 is 2.00 bits per heavy atom. The van der Waals surface area contributed by atoms with E-state index >= 15 is 0 Å². The smallest absolute Gasteiger partial charge is 0.234 e. The van der Waals surface area contributed by atoms with Gasteiger partial charge in [-0.2, -0.15) is 0 Å². The van der Waals surface area contributed by atoms with Gasteiger partial charge in [-0.3, -0.25) is 9.69 Å². The summed E-state index contributed by atoms with van der Waals surface area (Å²) in [4.78, 5) is 13.4. The van der Waals surface area contributed by atoms with Gasteiger partial charge in [0, 0.05) is 23.1 Å². The Labute approximate surface area is 117 Å². The first kappa shape index (κ1) is 15.0. The van der Waals surface area contributed by atoms with Crippen molar-refractivity contribution in [3.63, 3.8) is 0 Å². The van der Waals surface area contributed by atoms with Gasteiger partial charge in [0.05, 0.1) is 6.54 Å². The normalized spacial score (nSPS) is 10.4. The maximum Gasteiger partial charge on any atom is 0.234 e. The number of amides is 1. The standard InChI is InChI=1S/C13H16Cl2N2O/c1-3-4-16-13(18)9-17(2)8-10-5-11(14)7-12(15)6-10/h3,5-7H,1,4,8-9H2,2H3,(H,16,18). The lowest BCUT2D eigenvalue weighted by Gasteiger charge is -2.16. The first-order valence-corrected chi connectivity index (χ1v) is 6.28. The van der Waals surface area contributed by atoms with Crippen LogP contribution in [0, 0.1) is 0 Å². The summed E-state index contributed by atoms with van der Waals surface area (Å²) in [5.41, 5.74) is 0.978. The van der Waals surface area contributed by atoms with Crippen molar-refractivity contribution < 1.29 is 4.79 Å². The number of hydrogen-bond acceptors (Lipinski definition) is 2. The number of rotatable bonds is 6. The Bertz CT molecular complexity index is 415. The number of nitrogens with zero attached hydrogens (tertiary/aromatic N) is 1. The lowest BCUT2D eigenvalue weighted by Crippen LogP contribution is -2.34. The molecule has 0 aliphatic rings. The van der Waals surface area contributed by atoms with Crippen LogP contribution >= 0.6 is 23.2 Å². The molecule has 0 aromatic heterocycles. The van der Waals surface area contributed by atoms with E-state index in [-0.39, 0.29) is 5.91 Å². The number of carbonyl (C=O) groups is 1. The highest BCUT2D eigenvalue weighted by atomic mass is 35.5. The summed E-state index contributed by atoms with van der Waals surface area (Å²) in [6.07, 6.45) is 1.65. The Morgan fingerprint density at radius 1 is 1.39 bits per heavy atom. The fourth-order valence-electron chi connectivity index (χ4n) is 1.56. The van der Waals surface area contributed by atoms with Crippen molar-refractivity contribution in [2.24, 2.45) is 0 Å². The molecule has 0 spiro atoms. The summed E-state index contributed by atoms with van der Waals surface area (Å²) < 4.78 is 0. The van der Waals surface area contributed by atoms with Crippen LogP contribution in [0.25, 0.3) is 0 Å². The summed E-state index contributed by atoms with van der Waals surface area (Å²) in [6, 6.07) is 5.36. The molecule has 0 saturated carbocycles. The number of benzene rings is 1. The maximum atomic E-state index is 11.5. The monoisotopic (exact) mass is 286 g/mol. The van der Waals surface area contributed by atoms with Gasteiger partial charge in [-0.1, -0.05) is 29.3 Å². The van der Waals surface area contributed by atoms with E-state index in [0.717, 1.165) is 5.56 Å². The molecule has 0 aliphatic carbocycles. The molecule has 0 saturated heterocycles. The molecule has 1 aromatic carbocycles. The van der Waals surface area contributed by atoms with E-state index in [1.165, 1.54) is 0 Å². The van der Waals surface area contributed by atoms with Gasteiger partial charge in [0.25, 0.3) is 0 Å². The third-order valence-corrected chi connectivity index (χ3v) is 2.67. The first-order chi connectivity index (χ1) is 8.51. The van der Waals surface area contributed by atoms with E-state index in [2.05, 4.69) is 11.9 Å². The van der Waals surface area contributed by atoms with E-state index in [9.17, 15) is 4.79 Å². The van der Waals surface area contributed by atoms with Gasteiger partial charge in [-0.05, 0) is 30.8 Å². The average Bonchev–Trinajstić information content (AvgIpc) is 2.24. The molecule has 1 rings (SSSR count). The van der Waals surface area contributed by atoms with Gasteiger partial charge in [0.15, 0.2) is 0 Å². The lowest BCUT2D eigenvalue weighted by atomic mass is 10.2. The van der Waals surface area contributed by atoms with Crippen molar-refractivity contribution >= 4 is 29.1 Å². The average molecular weight is 287 g/mol. The second-order valence-corrected chi connectivity index (χ2v) is 4.92. The zero-order valence-corrected chi connectivity index (χ0v) is 11.8. The molecule has 0 fully saturated rings. The van der Waals surface area contributed by atoms with Crippen LogP contribution in [0.5, 0.6) is 0 Å². The quantitative estimate of drug-likeness (QED) is 0.816. The van der Waals surface area contributed by atoms with Crippen LogP contribution in [0.2, 0.25) is 10.0 Å². The Kier molecular flexibility index (Phi) is 6.19. The minimum Gasteiger partial charge on any atom is -0.352 e. The van der Waals surface area contributed by atoms with Gasteiger partial charge < -0.3 is 5.32 Å². The van der Waals surface area contributed by atoms with Crippen LogP contribution < -0.4 is 5.32 Å². The second kappa shape index (κ2) is 7.41. The molecule has 0 unspecified atom stereocenters. The Balaban J connectivity index is 2.51. The maximum absolute atomic E-state index is 11.5. The molecule has 5 heteroatoms. The molecule has 0 bridgehead atoms. The topological polar surface area (TPSA) is 32.3 Å². The second-order valence-electron chi connectivity index (χ2n) is 4.04. The van der Waals surface area contributed by atoms with E-state index in [1.807, 2.05) is 24.1 Å². The minimum absolute atomic E-state index is 0.0366. The van der Waals surface area contributed by atoms with Crippen molar-refractivity contribution in [3.8, 4) is 0 Å². The van der Waals surface area contributed by atoms with Gasteiger partial charge in [-0.25, -0.2) is 0 Å². The fraction of sp³-hybridized carbons (Fsp3) is 0.308. The SMILES string of the molecule is C=CCNC(=O)CN(C)Cc1cc(Cl)cc(Cl)c1. The van der Waals surface area contributed by atoms with E-state index in [4.69, 9.17) is 23.2 Å². The fourth-order valence-corrected chi connectivity index (χ4v) is 2.13. The van der Waals surface area contributed by atoms with E-state index in [0.29, 0.717) is 29.7 Å².